The van der Waals surface area contributed by atoms with Gasteiger partial charge in [-0.1, -0.05) is 13.8 Å². The van der Waals surface area contributed by atoms with Gasteiger partial charge in [0.05, 0.1) is 5.69 Å². The summed E-state index contributed by atoms with van der Waals surface area (Å²) in [5, 5.41) is 7.89. The molecule has 1 heterocycles. The summed E-state index contributed by atoms with van der Waals surface area (Å²) in [5.74, 6) is 0. The van der Waals surface area contributed by atoms with Crippen LogP contribution in [0.3, 0.4) is 0 Å². The number of likely N-dealkylation sites (N-methyl/N-ethyl adjacent to an activating group) is 1. The van der Waals surface area contributed by atoms with Gasteiger partial charge in [-0.25, -0.2) is 0 Å². The Morgan fingerprint density at radius 3 is 2.76 bits per heavy atom. The molecular weight excluding hydrogens is 212 g/mol. The number of aromatic nitrogens is 2. The number of rotatable bonds is 8. The molecule has 0 aliphatic heterocycles. The molecule has 1 rings (SSSR count). The van der Waals surface area contributed by atoms with Gasteiger partial charge in [0.1, 0.15) is 0 Å². The monoisotopic (exact) mass is 238 g/mol. The van der Waals surface area contributed by atoms with E-state index >= 15 is 0 Å². The topological polar surface area (TPSA) is 33.1 Å². The predicted molar refractivity (Wildman–Crippen MR) is 72.1 cm³/mol. The normalized spacial score (nSPS) is 11.4. The second-order valence-electron chi connectivity index (χ2n) is 4.62. The van der Waals surface area contributed by atoms with Gasteiger partial charge in [0.15, 0.2) is 0 Å². The lowest BCUT2D eigenvalue weighted by atomic mass is 10.2. The van der Waals surface area contributed by atoms with Crippen molar-refractivity contribution in [1.82, 2.24) is 20.0 Å². The summed E-state index contributed by atoms with van der Waals surface area (Å²) in [6.45, 7) is 8.60. The van der Waals surface area contributed by atoms with E-state index in [1.807, 2.05) is 11.7 Å². The van der Waals surface area contributed by atoms with Crippen LogP contribution in [0.1, 0.15) is 31.5 Å². The molecule has 0 fully saturated rings. The van der Waals surface area contributed by atoms with E-state index in [-0.39, 0.29) is 0 Å². The molecule has 0 bridgehead atoms. The third-order valence-corrected chi connectivity index (χ3v) is 2.86. The summed E-state index contributed by atoms with van der Waals surface area (Å²) in [6.07, 6.45) is 4.35. The summed E-state index contributed by atoms with van der Waals surface area (Å²) >= 11 is 0. The number of nitrogens with one attached hydrogen (secondary N) is 1. The van der Waals surface area contributed by atoms with Crippen LogP contribution in [-0.4, -0.2) is 41.4 Å². The molecule has 0 unspecified atom stereocenters. The third-order valence-electron chi connectivity index (χ3n) is 2.86. The minimum Gasteiger partial charge on any atom is -0.315 e. The van der Waals surface area contributed by atoms with Gasteiger partial charge < -0.3 is 10.2 Å². The van der Waals surface area contributed by atoms with Gasteiger partial charge in [0, 0.05) is 38.4 Å². The van der Waals surface area contributed by atoms with Crippen LogP contribution >= 0.6 is 0 Å². The first-order valence-electron chi connectivity index (χ1n) is 6.58. The average molecular weight is 238 g/mol. The molecule has 0 radical (unpaired) electrons. The van der Waals surface area contributed by atoms with Crippen molar-refractivity contribution in [2.75, 3.05) is 26.7 Å². The first-order valence-corrected chi connectivity index (χ1v) is 6.58. The summed E-state index contributed by atoms with van der Waals surface area (Å²) in [7, 11) is 4.16. The van der Waals surface area contributed by atoms with E-state index in [9.17, 15) is 0 Å². The molecular formula is C13H26N4. The van der Waals surface area contributed by atoms with Crippen molar-refractivity contribution in [3.63, 3.8) is 0 Å². The Bertz CT molecular complexity index is 319. The molecule has 0 saturated carbocycles. The highest BCUT2D eigenvalue weighted by Crippen LogP contribution is 2.09. The summed E-state index contributed by atoms with van der Waals surface area (Å²) in [5.41, 5.74) is 2.58. The molecule has 4 heteroatoms. The van der Waals surface area contributed by atoms with Crippen molar-refractivity contribution in [2.45, 2.75) is 33.2 Å². The molecule has 1 N–H and O–H groups in total. The van der Waals surface area contributed by atoms with Crippen LogP contribution < -0.4 is 5.32 Å². The SMILES string of the molecule is CCCNCCN(C)Cc1cn(C)nc1CC. The lowest BCUT2D eigenvalue weighted by Crippen LogP contribution is -2.29. The molecule has 0 aliphatic carbocycles. The van der Waals surface area contributed by atoms with Crippen molar-refractivity contribution in [1.29, 1.82) is 0 Å². The van der Waals surface area contributed by atoms with E-state index in [4.69, 9.17) is 0 Å². The van der Waals surface area contributed by atoms with E-state index in [1.54, 1.807) is 0 Å². The summed E-state index contributed by atoms with van der Waals surface area (Å²) in [6, 6.07) is 0. The number of hydrogen-bond acceptors (Lipinski definition) is 3. The zero-order valence-electron chi connectivity index (χ0n) is 11.7. The summed E-state index contributed by atoms with van der Waals surface area (Å²) < 4.78 is 1.91. The van der Waals surface area contributed by atoms with E-state index < -0.39 is 0 Å². The van der Waals surface area contributed by atoms with Gasteiger partial charge in [-0.15, -0.1) is 0 Å². The molecule has 0 aromatic carbocycles. The number of hydrogen-bond donors (Lipinski definition) is 1. The zero-order chi connectivity index (χ0) is 12.7. The van der Waals surface area contributed by atoms with Gasteiger partial charge in [0.25, 0.3) is 0 Å². The van der Waals surface area contributed by atoms with Crippen molar-refractivity contribution in [3.8, 4) is 0 Å². The van der Waals surface area contributed by atoms with Crippen molar-refractivity contribution in [3.05, 3.63) is 17.5 Å². The highest BCUT2D eigenvalue weighted by atomic mass is 15.3. The number of aryl methyl sites for hydroxylation is 2. The predicted octanol–water partition coefficient (Wildman–Crippen LogP) is 1.41. The highest BCUT2D eigenvalue weighted by molar-refractivity contribution is 5.16. The van der Waals surface area contributed by atoms with Crippen LogP contribution in [0.25, 0.3) is 0 Å². The Morgan fingerprint density at radius 2 is 2.12 bits per heavy atom. The molecule has 0 amide bonds. The van der Waals surface area contributed by atoms with Gasteiger partial charge in [-0.3, -0.25) is 4.68 Å². The fraction of sp³-hybridized carbons (Fsp3) is 0.769. The fourth-order valence-corrected chi connectivity index (χ4v) is 1.95. The Balaban J connectivity index is 2.36. The van der Waals surface area contributed by atoms with E-state index in [1.165, 1.54) is 17.7 Å². The second-order valence-corrected chi connectivity index (χ2v) is 4.62. The molecule has 4 nitrogen and oxygen atoms in total. The van der Waals surface area contributed by atoms with Crippen LogP contribution in [0.15, 0.2) is 6.20 Å². The lowest BCUT2D eigenvalue weighted by molar-refractivity contribution is 0.323. The first kappa shape index (κ1) is 14.2. The standard InChI is InChI=1S/C13H26N4/c1-5-7-14-8-9-16(3)10-12-11-17(4)15-13(12)6-2/h11,14H,5-10H2,1-4H3. The summed E-state index contributed by atoms with van der Waals surface area (Å²) in [4.78, 5) is 2.35. The Kier molecular flexibility index (Phi) is 6.22. The first-order chi connectivity index (χ1) is 8.17. The van der Waals surface area contributed by atoms with Gasteiger partial charge in [0.2, 0.25) is 0 Å². The van der Waals surface area contributed by atoms with Crippen LogP contribution in [0.4, 0.5) is 0 Å². The van der Waals surface area contributed by atoms with Crippen molar-refractivity contribution >= 4 is 0 Å². The maximum absolute atomic E-state index is 4.47. The minimum absolute atomic E-state index is 0.991. The molecule has 1 aromatic rings. The smallest absolute Gasteiger partial charge is 0.0666 e. The molecule has 1 aromatic heterocycles. The molecule has 0 atom stereocenters. The fourth-order valence-electron chi connectivity index (χ4n) is 1.95. The maximum Gasteiger partial charge on any atom is 0.0666 e. The molecule has 0 spiro atoms. The van der Waals surface area contributed by atoms with E-state index in [0.717, 1.165) is 32.6 Å². The van der Waals surface area contributed by atoms with E-state index in [0.29, 0.717) is 0 Å². The minimum atomic E-state index is 0.991. The lowest BCUT2D eigenvalue weighted by Gasteiger charge is -2.16. The van der Waals surface area contributed by atoms with Crippen molar-refractivity contribution < 1.29 is 0 Å². The van der Waals surface area contributed by atoms with Gasteiger partial charge in [-0.05, 0) is 26.4 Å². The van der Waals surface area contributed by atoms with Crippen LogP contribution in [-0.2, 0) is 20.0 Å². The van der Waals surface area contributed by atoms with Crippen molar-refractivity contribution in [2.24, 2.45) is 7.05 Å². The van der Waals surface area contributed by atoms with Gasteiger partial charge >= 0.3 is 0 Å². The van der Waals surface area contributed by atoms with Crippen LogP contribution in [0, 0.1) is 0 Å². The Hall–Kier alpha value is -0.870. The third kappa shape index (κ3) is 4.88. The molecule has 17 heavy (non-hydrogen) atoms. The van der Waals surface area contributed by atoms with Gasteiger partial charge in [-0.2, -0.15) is 5.10 Å². The maximum atomic E-state index is 4.47. The van der Waals surface area contributed by atoms with Crippen LogP contribution in [0.2, 0.25) is 0 Å². The molecule has 0 aliphatic rings. The Labute approximate surface area is 105 Å². The zero-order valence-corrected chi connectivity index (χ0v) is 11.7. The molecule has 98 valence electrons. The molecule has 0 saturated heterocycles. The van der Waals surface area contributed by atoms with Crippen LogP contribution in [0.5, 0.6) is 0 Å². The highest BCUT2D eigenvalue weighted by Gasteiger charge is 2.08. The Morgan fingerprint density at radius 1 is 1.35 bits per heavy atom. The van der Waals surface area contributed by atoms with E-state index in [2.05, 4.69) is 42.4 Å². The second kappa shape index (κ2) is 7.45. The average Bonchev–Trinajstić information content (AvgIpc) is 2.65. The quantitative estimate of drug-likeness (QED) is 0.695. The largest absolute Gasteiger partial charge is 0.315 e. The number of nitrogens with zero attached hydrogens (tertiary/aromatic N) is 3.